The molecule has 0 atom stereocenters. The van der Waals surface area contributed by atoms with Gasteiger partial charge in [0.1, 0.15) is 0 Å². The summed E-state index contributed by atoms with van der Waals surface area (Å²) >= 11 is 7.36. The average Bonchev–Trinajstić information content (AvgIpc) is 3.16. The van der Waals surface area contributed by atoms with Gasteiger partial charge in [-0.05, 0) is 30.2 Å². The third kappa shape index (κ3) is 5.55. The molecule has 2 aromatic heterocycles. The van der Waals surface area contributed by atoms with Crippen molar-refractivity contribution in [3.63, 3.8) is 0 Å². The summed E-state index contributed by atoms with van der Waals surface area (Å²) in [5.74, 6) is -1.15. The topological polar surface area (TPSA) is 97.4 Å². The normalized spacial score (nSPS) is 10.8. The zero-order valence-electron chi connectivity index (χ0n) is 16.4. The van der Waals surface area contributed by atoms with Crippen molar-refractivity contribution in [2.75, 3.05) is 13.2 Å². The van der Waals surface area contributed by atoms with Crippen molar-refractivity contribution >= 4 is 51.7 Å². The summed E-state index contributed by atoms with van der Waals surface area (Å²) in [4.78, 5) is 41.7. The molecule has 2 N–H and O–H groups in total. The maximum absolute atomic E-state index is 12.7. The van der Waals surface area contributed by atoms with Gasteiger partial charge in [0.25, 0.3) is 5.91 Å². The molecule has 0 saturated heterocycles. The van der Waals surface area contributed by atoms with Crippen molar-refractivity contribution in [2.45, 2.75) is 13.8 Å². The van der Waals surface area contributed by atoms with Gasteiger partial charge < -0.3 is 10.1 Å². The van der Waals surface area contributed by atoms with Crippen LogP contribution < -0.4 is 10.6 Å². The van der Waals surface area contributed by atoms with Gasteiger partial charge in [-0.3, -0.25) is 10.1 Å². The van der Waals surface area contributed by atoms with Crippen LogP contribution in [-0.4, -0.2) is 36.0 Å². The molecule has 0 spiro atoms. The predicted octanol–water partition coefficient (Wildman–Crippen LogP) is 4.26. The van der Waals surface area contributed by atoms with Gasteiger partial charge in [-0.15, -0.1) is 11.3 Å². The van der Waals surface area contributed by atoms with Crippen molar-refractivity contribution in [2.24, 2.45) is 5.92 Å². The molecule has 0 aliphatic rings. The van der Waals surface area contributed by atoms with Crippen LogP contribution in [0.1, 0.15) is 24.2 Å². The molecular weight excluding hydrogens is 426 g/mol. The highest BCUT2D eigenvalue weighted by Gasteiger charge is 2.18. The van der Waals surface area contributed by atoms with Crippen molar-refractivity contribution in [3.05, 3.63) is 52.4 Å². The first-order chi connectivity index (χ1) is 14.3. The summed E-state index contributed by atoms with van der Waals surface area (Å²) in [6, 6.07) is 11.7. The zero-order chi connectivity index (χ0) is 21.7. The summed E-state index contributed by atoms with van der Waals surface area (Å²) in [7, 11) is 0. The number of aromatic nitrogens is 1. The molecule has 1 aromatic carbocycles. The van der Waals surface area contributed by atoms with E-state index in [1.54, 1.807) is 30.3 Å². The van der Waals surface area contributed by atoms with Crippen LogP contribution in [0.25, 0.3) is 21.5 Å². The van der Waals surface area contributed by atoms with Crippen molar-refractivity contribution in [1.29, 1.82) is 0 Å². The number of hydrogen-bond donors (Lipinski definition) is 2. The fraction of sp³-hybridized carbons (Fsp3) is 0.238. The van der Waals surface area contributed by atoms with Crippen LogP contribution in [0.3, 0.4) is 0 Å². The number of esters is 1. The number of hydrogen-bond acceptors (Lipinski definition) is 6. The molecule has 0 saturated carbocycles. The third-order valence-corrected chi connectivity index (χ3v) is 5.27. The van der Waals surface area contributed by atoms with Crippen LogP contribution in [-0.2, 0) is 9.53 Å². The van der Waals surface area contributed by atoms with Gasteiger partial charge in [0.05, 0.1) is 26.0 Å². The standard InChI is InChI=1S/C21H20ClN3O4S/c1-12(2)10-23-21(28)25-19(26)11-29-20(27)14-9-16(17-7-8-18(22)30-17)24-15-6-4-3-5-13(14)15/h3-9,12H,10-11H2,1-2H3,(H2,23,25,26,28). The molecule has 7 nitrogen and oxygen atoms in total. The molecule has 2 heterocycles. The number of halogens is 1. The monoisotopic (exact) mass is 445 g/mol. The van der Waals surface area contributed by atoms with Gasteiger partial charge in [0.15, 0.2) is 6.61 Å². The molecule has 0 unspecified atom stereocenters. The van der Waals surface area contributed by atoms with Crippen molar-refractivity contribution < 1.29 is 19.1 Å². The Morgan fingerprint density at radius 2 is 1.93 bits per heavy atom. The molecule has 156 valence electrons. The molecule has 0 aliphatic heterocycles. The summed E-state index contributed by atoms with van der Waals surface area (Å²) < 4.78 is 5.75. The number of para-hydroxylation sites is 1. The number of fused-ring (bicyclic) bond motifs is 1. The molecule has 3 amide bonds. The predicted molar refractivity (Wildman–Crippen MR) is 117 cm³/mol. The number of ether oxygens (including phenoxy) is 1. The van der Waals surface area contributed by atoms with E-state index in [1.807, 2.05) is 26.0 Å². The largest absolute Gasteiger partial charge is 0.452 e. The van der Waals surface area contributed by atoms with Crippen LogP contribution in [0.15, 0.2) is 42.5 Å². The molecule has 9 heteroatoms. The van der Waals surface area contributed by atoms with Gasteiger partial charge in [-0.25, -0.2) is 14.6 Å². The van der Waals surface area contributed by atoms with Crippen LogP contribution in [0.2, 0.25) is 4.34 Å². The second-order valence-corrected chi connectivity index (χ2v) is 8.62. The number of thiophene rings is 1. The number of nitrogens with one attached hydrogen (secondary N) is 2. The Kier molecular flexibility index (Phi) is 7.02. The van der Waals surface area contributed by atoms with Gasteiger partial charge >= 0.3 is 12.0 Å². The maximum atomic E-state index is 12.7. The fourth-order valence-corrected chi connectivity index (χ4v) is 3.64. The van der Waals surface area contributed by atoms with Crippen LogP contribution in [0, 0.1) is 5.92 Å². The third-order valence-electron chi connectivity index (χ3n) is 4.02. The van der Waals surface area contributed by atoms with E-state index in [2.05, 4.69) is 15.6 Å². The first-order valence-electron chi connectivity index (χ1n) is 9.24. The number of pyridine rings is 1. The van der Waals surface area contributed by atoms with E-state index in [-0.39, 0.29) is 11.5 Å². The van der Waals surface area contributed by atoms with Crippen LogP contribution in [0.4, 0.5) is 4.79 Å². The first-order valence-corrected chi connectivity index (χ1v) is 10.4. The molecule has 0 fully saturated rings. The first kappa shape index (κ1) is 21.7. The fourth-order valence-electron chi connectivity index (χ4n) is 2.64. The summed E-state index contributed by atoms with van der Waals surface area (Å²) in [5.41, 5.74) is 1.47. The molecule has 30 heavy (non-hydrogen) atoms. The number of rotatable bonds is 6. The quantitative estimate of drug-likeness (QED) is 0.552. The zero-order valence-corrected chi connectivity index (χ0v) is 18.0. The molecular formula is C21H20ClN3O4S. The number of carbonyl (C=O) groups excluding carboxylic acids is 3. The SMILES string of the molecule is CC(C)CNC(=O)NC(=O)COC(=O)c1cc(-c2ccc(Cl)s2)nc2ccccc12. The highest BCUT2D eigenvalue weighted by Crippen LogP contribution is 2.32. The molecule has 3 rings (SSSR count). The smallest absolute Gasteiger partial charge is 0.339 e. The minimum atomic E-state index is -0.715. The van der Waals surface area contributed by atoms with Gasteiger partial charge in [-0.1, -0.05) is 43.6 Å². The Labute approximate surface area is 182 Å². The average molecular weight is 446 g/mol. The summed E-state index contributed by atoms with van der Waals surface area (Å²) in [5, 5.41) is 5.28. The van der Waals surface area contributed by atoms with Crippen LogP contribution >= 0.6 is 22.9 Å². The van der Waals surface area contributed by atoms with E-state index in [1.165, 1.54) is 11.3 Å². The van der Waals surface area contributed by atoms with Gasteiger partial charge in [-0.2, -0.15) is 0 Å². The number of amides is 3. The number of benzene rings is 1. The molecule has 3 aromatic rings. The second kappa shape index (κ2) is 9.69. The number of imide groups is 1. The molecule has 0 radical (unpaired) electrons. The minimum absolute atomic E-state index is 0.246. The minimum Gasteiger partial charge on any atom is -0.452 e. The summed E-state index contributed by atoms with van der Waals surface area (Å²) in [6.45, 7) is 3.71. The van der Waals surface area contributed by atoms with E-state index >= 15 is 0 Å². The summed E-state index contributed by atoms with van der Waals surface area (Å²) in [6.07, 6.45) is 0. The number of carbonyl (C=O) groups is 3. The Morgan fingerprint density at radius 3 is 2.63 bits per heavy atom. The van der Waals surface area contributed by atoms with E-state index < -0.39 is 24.5 Å². The Bertz CT molecular complexity index is 1100. The van der Waals surface area contributed by atoms with Crippen molar-refractivity contribution in [3.8, 4) is 10.6 Å². The molecule has 0 aliphatic carbocycles. The maximum Gasteiger partial charge on any atom is 0.339 e. The molecule has 0 bridgehead atoms. The van der Waals surface area contributed by atoms with Gasteiger partial charge in [0, 0.05) is 11.9 Å². The number of urea groups is 1. The Morgan fingerprint density at radius 1 is 1.17 bits per heavy atom. The lowest BCUT2D eigenvalue weighted by Gasteiger charge is -2.10. The van der Waals surface area contributed by atoms with E-state index in [0.717, 1.165) is 4.88 Å². The Balaban J connectivity index is 1.74. The lowest BCUT2D eigenvalue weighted by Crippen LogP contribution is -2.42. The highest BCUT2D eigenvalue weighted by molar-refractivity contribution is 7.19. The van der Waals surface area contributed by atoms with E-state index in [4.69, 9.17) is 16.3 Å². The van der Waals surface area contributed by atoms with E-state index in [0.29, 0.717) is 27.5 Å². The van der Waals surface area contributed by atoms with Crippen LogP contribution in [0.5, 0.6) is 0 Å². The van der Waals surface area contributed by atoms with Crippen molar-refractivity contribution in [1.82, 2.24) is 15.6 Å². The Hall–Kier alpha value is -2.97. The second-order valence-electron chi connectivity index (χ2n) is 6.90. The number of nitrogens with zero attached hydrogens (tertiary/aromatic N) is 1. The van der Waals surface area contributed by atoms with E-state index in [9.17, 15) is 14.4 Å². The lowest BCUT2D eigenvalue weighted by molar-refractivity contribution is -0.123. The lowest BCUT2D eigenvalue weighted by atomic mass is 10.1. The van der Waals surface area contributed by atoms with Gasteiger partial charge in [0.2, 0.25) is 0 Å². The highest BCUT2D eigenvalue weighted by atomic mass is 35.5.